The molecule has 0 aliphatic carbocycles. The molecule has 11 nitrogen and oxygen atoms in total. The van der Waals surface area contributed by atoms with Gasteiger partial charge in [0.25, 0.3) is 0 Å². The fourth-order valence-electron chi connectivity index (χ4n) is 8.17. The summed E-state index contributed by atoms with van der Waals surface area (Å²) in [7, 11) is 0. The van der Waals surface area contributed by atoms with Gasteiger partial charge in [0.1, 0.15) is 36.6 Å². The molecule has 11 heteroatoms. The maximum atomic E-state index is 13.1. The highest BCUT2D eigenvalue weighted by atomic mass is 16.7. The molecule has 0 saturated carbocycles. The Labute approximate surface area is 396 Å². The quantitative estimate of drug-likeness (QED) is 0.0216. The Kier molecular flexibility index (Phi) is 40.7. The highest BCUT2D eigenvalue weighted by Crippen LogP contribution is 2.23. The van der Waals surface area contributed by atoms with Gasteiger partial charge in [-0.05, 0) is 89.9 Å². The average molecular weight is 922 g/mol. The molecule has 1 rings (SSSR count). The van der Waals surface area contributed by atoms with Crippen molar-refractivity contribution in [2.24, 2.45) is 0 Å². The molecule has 0 aromatic heterocycles. The molecule has 9 atom stereocenters. The van der Waals surface area contributed by atoms with Crippen molar-refractivity contribution in [2.75, 3.05) is 13.2 Å². The molecule has 1 fully saturated rings. The Morgan fingerprint density at radius 1 is 0.523 bits per heavy atom. The topological polar surface area (TPSA) is 189 Å². The zero-order chi connectivity index (χ0) is 47.6. The fraction of sp³-hybridized carbons (Fsp3) is 0.833. The SMILES string of the molecule is CCCCCCCC/C=C/CC/C=C/CC/C=C/CCCC(O)C(O)C(COC1OC(CO)C(O)C(O)C1O)NC(=O)C(O)CCCCCCCC/C=C\CCCCCCCCCCC. The van der Waals surface area contributed by atoms with E-state index in [4.69, 9.17) is 9.47 Å². The predicted octanol–water partition coefficient (Wildman–Crippen LogP) is 10.1. The van der Waals surface area contributed by atoms with Crippen molar-refractivity contribution in [3.05, 3.63) is 48.6 Å². The molecule has 1 aliphatic heterocycles. The Balaban J connectivity index is 2.43. The molecule has 1 heterocycles. The molecule has 1 amide bonds. The zero-order valence-electron chi connectivity index (χ0n) is 41.2. The van der Waals surface area contributed by atoms with E-state index >= 15 is 0 Å². The van der Waals surface area contributed by atoms with Crippen molar-refractivity contribution in [3.8, 4) is 0 Å². The minimum atomic E-state index is -1.67. The molecular weight excluding hydrogens is 823 g/mol. The summed E-state index contributed by atoms with van der Waals surface area (Å²) in [6.07, 6.45) is 41.5. The first-order valence-corrected chi connectivity index (χ1v) is 26.5. The number of allylic oxidation sites excluding steroid dienone is 8. The number of rotatable bonds is 44. The molecule has 8 N–H and O–H groups in total. The maximum Gasteiger partial charge on any atom is 0.249 e. The third-order valence-corrected chi connectivity index (χ3v) is 12.6. The van der Waals surface area contributed by atoms with Crippen LogP contribution in [0, 0.1) is 0 Å². The molecular formula is C54H99NO10. The highest BCUT2D eigenvalue weighted by Gasteiger charge is 2.44. The number of hydrogen-bond acceptors (Lipinski definition) is 10. The fourth-order valence-corrected chi connectivity index (χ4v) is 8.17. The van der Waals surface area contributed by atoms with Gasteiger partial charge in [-0.25, -0.2) is 0 Å². The smallest absolute Gasteiger partial charge is 0.249 e. The number of carbonyl (C=O) groups excluding carboxylic acids is 1. The van der Waals surface area contributed by atoms with Gasteiger partial charge in [-0.3, -0.25) is 4.79 Å². The van der Waals surface area contributed by atoms with Crippen molar-refractivity contribution in [3.63, 3.8) is 0 Å². The number of ether oxygens (including phenoxy) is 2. The van der Waals surface area contributed by atoms with Gasteiger partial charge in [0.05, 0.1) is 25.4 Å². The first kappa shape index (κ1) is 61.1. The van der Waals surface area contributed by atoms with Crippen LogP contribution in [0.2, 0.25) is 0 Å². The monoisotopic (exact) mass is 922 g/mol. The van der Waals surface area contributed by atoms with Crippen molar-refractivity contribution < 1.29 is 50.0 Å². The Hall–Kier alpha value is -1.93. The van der Waals surface area contributed by atoms with Gasteiger partial charge in [0, 0.05) is 0 Å². The summed E-state index contributed by atoms with van der Waals surface area (Å²) < 4.78 is 11.1. The number of hydrogen-bond donors (Lipinski definition) is 8. The first-order chi connectivity index (χ1) is 31.7. The number of aliphatic hydroxyl groups excluding tert-OH is 7. The molecule has 0 aromatic rings. The summed E-state index contributed by atoms with van der Waals surface area (Å²) >= 11 is 0. The largest absolute Gasteiger partial charge is 0.394 e. The van der Waals surface area contributed by atoms with E-state index in [9.17, 15) is 40.5 Å². The molecule has 65 heavy (non-hydrogen) atoms. The molecule has 1 aliphatic rings. The molecule has 1 saturated heterocycles. The van der Waals surface area contributed by atoms with Crippen LogP contribution < -0.4 is 5.32 Å². The van der Waals surface area contributed by atoms with Crippen LogP contribution in [-0.4, -0.2) is 110 Å². The highest BCUT2D eigenvalue weighted by molar-refractivity contribution is 5.80. The summed E-state index contributed by atoms with van der Waals surface area (Å²) in [6, 6.07) is -1.20. The van der Waals surface area contributed by atoms with Crippen LogP contribution in [0.25, 0.3) is 0 Å². The van der Waals surface area contributed by atoms with Gasteiger partial charge in [-0.1, -0.05) is 178 Å². The summed E-state index contributed by atoms with van der Waals surface area (Å²) in [6.45, 7) is 3.42. The Bertz CT molecular complexity index is 1190. The second-order valence-electron chi connectivity index (χ2n) is 18.6. The van der Waals surface area contributed by atoms with Crippen LogP contribution in [0.15, 0.2) is 48.6 Å². The van der Waals surface area contributed by atoms with E-state index in [-0.39, 0.29) is 12.8 Å². The lowest BCUT2D eigenvalue weighted by Crippen LogP contribution is -2.60. The van der Waals surface area contributed by atoms with Crippen molar-refractivity contribution in [1.29, 1.82) is 0 Å². The summed E-state index contributed by atoms with van der Waals surface area (Å²) in [5.74, 6) is -0.718. The van der Waals surface area contributed by atoms with Crippen molar-refractivity contribution in [1.82, 2.24) is 5.32 Å². The van der Waals surface area contributed by atoms with Crippen LogP contribution in [0.3, 0.4) is 0 Å². The van der Waals surface area contributed by atoms with Crippen LogP contribution in [0.4, 0.5) is 0 Å². The van der Waals surface area contributed by atoms with Gasteiger partial charge in [-0.15, -0.1) is 0 Å². The van der Waals surface area contributed by atoms with Gasteiger partial charge >= 0.3 is 0 Å². The lowest BCUT2D eigenvalue weighted by molar-refractivity contribution is -0.303. The minimum Gasteiger partial charge on any atom is -0.394 e. The predicted molar refractivity (Wildman–Crippen MR) is 265 cm³/mol. The van der Waals surface area contributed by atoms with E-state index in [1.54, 1.807) is 0 Å². The van der Waals surface area contributed by atoms with Crippen LogP contribution in [0.1, 0.15) is 219 Å². The van der Waals surface area contributed by atoms with Crippen LogP contribution in [0.5, 0.6) is 0 Å². The number of nitrogens with one attached hydrogen (secondary N) is 1. The lowest BCUT2D eigenvalue weighted by atomic mass is 9.98. The zero-order valence-corrected chi connectivity index (χ0v) is 41.2. The van der Waals surface area contributed by atoms with Gasteiger partial charge in [0.15, 0.2) is 6.29 Å². The minimum absolute atomic E-state index is 0.238. The van der Waals surface area contributed by atoms with Gasteiger partial charge < -0.3 is 50.5 Å². The van der Waals surface area contributed by atoms with Gasteiger partial charge in [0.2, 0.25) is 5.91 Å². The van der Waals surface area contributed by atoms with Crippen molar-refractivity contribution >= 4 is 5.91 Å². The molecule has 0 radical (unpaired) electrons. The summed E-state index contributed by atoms with van der Waals surface area (Å²) in [5, 5.41) is 75.9. The second-order valence-corrected chi connectivity index (χ2v) is 18.6. The maximum absolute atomic E-state index is 13.1. The number of carbonyl (C=O) groups is 1. The van der Waals surface area contributed by atoms with Crippen LogP contribution in [-0.2, 0) is 14.3 Å². The third kappa shape index (κ3) is 32.5. The standard InChI is InChI=1S/C54H99NO10/c1-3-5-7-9-11-13-15-17-19-21-23-25-27-29-31-33-35-37-39-41-46(57)49(59)45(44-64-54-52(62)51(61)50(60)48(43-56)65-54)55-53(63)47(58)42-40-38-36-34-32-30-28-26-24-22-20-18-16-14-12-10-8-6-4-2/h17,19,24-27,33,35,45-52,54,56-62H,3-16,18,20-23,28-32,34,36-44H2,1-2H3,(H,55,63)/b19-17+,26-24-,27-25+,35-33+. The normalized spacial score (nSPS) is 21.3. The van der Waals surface area contributed by atoms with Gasteiger partial charge in [-0.2, -0.15) is 0 Å². The van der Waals surface area contributed by atoms with E-state index in [0.29, 0.717) is 19.3 Å². The number of aliphatic hydroxyl groups is 7. The average Bonchev–Trinajstić information content (AvgIpc) is 3.31. The third-order valence-electron chi connectivity index (χ3n) is 12.6. The van der Waals surface area contributed by atoms with E-state index < -0.39 is 74.2 Å². The Morgan fingerprint density at radius 3 is 1.37 bits per heavy atom. The molecule has 0 spiro atoms. The number of unbranched alkanes of at least 4 members (excludes halogenated alkanes) is 24. The molecule has 0 bridgehead atoms. The first-order valence-electron chi connectivity index (χ1n) is 26.5. The molecule has 0 aromatic carbocycles. The number of amides is 1. The van der Waals surface area contributed by atoms with Crippen molar-refractivity contribution in [2.45, 2.75) is 274 Å². The van der Waals surface area contributed by atoms with E-state index in [1.807, 2.05) is 0 Å². The van der Waals surface area contributed by atoms with E-state index in [1.165, 1.54) is 109 Å². The van der Waals surface area contributed by atoms with E-state index in [2.05, 4.69) is 67.8 Å². The van der Waals surface area contributed by atoms with E-state index in [0.717, 1.165) is 64.2 Å². The summed E-state index contributed by atoms with van der Waals surface area (Å²) in [4.78, 5) is 13.1. The Morgan fingerprint density at radius 2 is 0.923 bits per heavy atom. The second kappa shape index (κ2) is 43.4. The molecule has 9 unspecified atom stereocenters. The van der Waals surface area contributed by atoms with Crippen LogP contribution >= 0.6 is 0 Å². The lowest BCUT2D eigenvalue weighted by Gasteiger charge is -2.40. The summed E-state index contributed by atoms with van der Waals surface area (Å²) in [5.41, 5.74) is 0. The molecule has 380 valence electrons.